The van der Waals surface area contributed by atoms with E-state index in [4.69, 9.17) is 0 Å². The van der Waals surface area contributed by atoms with E-state index in [0.717, 1.165) is 28.2 Å². The molecular formula is C23H25FN4O2S. The number of amides is 2. The maximum Gasteiger partial charge on any atom is 0.264 e. The molecular weight excluding hydrogens is 415 g/mol. The smallest absolute Gasteiger partial charge is 0.264 e. The molecule has 4 atom stereocenters. The van der Waals surface area contributed by atoms with Crippen molar-refractivity contribution in [1.82, 2.24) is 20.2 Å². The molecule has 2 aromatic heterocycles. The molecule has 1 saturated carbocycles. The summed E-state index contributed by atoms with van der Waals surface area (Å²) in [6, 6.07) is 11.3. The molecule has 0 bridgehead atoms. The zero-order valence-corrected chi connectivity index (χ0v) is 18.1. The van der Waals surface area contributed by atoms with Crippen LogP contribution >= 0.6 is 11.3 Å². The first-order valence-corrected chi connectivity index (χ1v) is 11.6. The highest BCUT2D eigenvalue weighted by Gasteiger charge is 2.46. The van der Waals surface area contributed by atoms with E-state index in [1.54, 1.807) is 11.0 Å². The molecule has 1 aliphatic carbocycles. The van der Waals surface area contributed by atoms with Crippen LogP contribution in [0.5, 0.6) is 0 Å². The van der Waals surface area contributed by atoms with Gasteiger partial charge >= 0.3 is 0 Å². The van der Waals surface area contributed by atoms with Crippen molar-refractivity contribution in [1.29, 1.82) is 0 Å². The van der Waals surface area contributed by atoms with Gasteiger partial charge in [-0.1, -0.05) is 12.1 Å². The number of aromatic amines is 1. The summed E-state index contributed by atoms with van der Waals surface area (Å²) >= 11 is 1.37. The summed E-state index contributed by atoms with van der Waals surface area (Å²) in [5, 5.41) is 3.08. The summed E-state index contributed by atoms with van der Waals surface area (Å²) < 4.78 is 13.6. The lowest BCUT2D eigenvalue weighted by Crippen LogP contribution is -2.40. The summed E-state index contributed by atoms with van der Waals surface area (Å²) in [5.74, 6) is 0.789. The number of carbonyl (C=O) groups is 2. The van der Waals surface area contributed by atoms with Crippen LogP contribution in [0.3, 0.4) is 0 Å². The summed E-state index contributed by atoms with van der Waals surface area (Å²) in [4.78, 5) is 36.5. The zero-order valence-electron chi connectivity index (χ0n) is 17.3. The van der Waals surface area contributed by atoms with Crippen LogP contribution in [0.2, 0.25) is 0 Å². The van der Waals surface area contributed by atoms with E-state index in [9.17, 15) is 14.0 Å². The molecule has 3 heterocycles. The molecule has 5 rings (SSSR count). The number of alkyl halides is 1. The molecule has 3 aromatic rings. The number of carbonyl (C=O) groups excluding carboxylic acids is 2. The SMILES string of the molecule is C[C@@H](NC(=O)C1CC1c1nc2ccccc2[nH]1)c1ccc(C(=O)N2CCCC(F)C2)s1. The second kappa shape index (κ2) is 8.07. The fourth-order valence-electron chi connectivity index (χ4n) is 4.29. The molecule has 1 aliphatic heterocycles. The number of piperidine rings is 1. The van der Waals surface area contributed by atoms with E-state index >= 15 is 0 Å². The number of nitrogens with zero attached hydrogens (tertiary/aromatic N) is 2. The predicted molar refractivity (Wildman–Crippen MR) is 118 cm³/mol. The Bertz CT molecular complexity index is 1090. The van der Waals surface area contributed by atoms with Crippen molar-refractivity contribution in [3.05, 3.63) is 52.0 Å². The third-order valence-corrected chi connectivity index (χ3v) is 7.42. The number of aromatic nitrogens is 2. The highest BCUT2D eigenvalue weighted by atomic mass is 32.1. The Balaban J connectivity index is 1.19. The van der Waals surface area contributed by atoms with Gasteiger partial charge in [0.05, 0.1) is 28.5 Å². The van der Waals surface area contributed by atoms with Crippen molar-refractivity contribution in [3.8, 4) is 0 Å². The van der Waals surface area contributed by atoms with Gasteiger partial charge in [-0.05, 0) is 50.5 Å². The average Bonchev–Trinajstić information content (AvgIpc) is 3.21. The average molecular weight is 441 g/mol. The van der Waals surface area contributed by atoms with Gasteiger partial charge in [0.25, 0.3) is 5.91 Å². The molecule has 6 nitrogen and oxygen atoms in total. The monoisotopic (exact) mass is 440 g/mol. The second-order valence-corrected chi connectivity index (χ2v) is 9.63. The van der Waals surface area contributed by atoms with Crippen LogP contribution in [0.1, 0.15) is 58.5 Å². The van der Waals surface area contributed by atoms with Crippen LogP contribution in [0.15, 0.2) is 36.4 Å². The Morgan fingerprint density at radius 1 is 1.29 bits per heavy atom. The van der Waals surface area contributed by atoms with Crippen LogP contribution in [0.25, 0.3) is 11.0 Å². The van der Waals surface area contributed by atoms with Crippen LogP contribution in [0.4, 0.5) is 4.39 Å². The lowest BCUT2D eigenvalue weighted by Gasteiger charge is -2.28. The van der Waals surface area contributed by atoms with E-state index in [1.165, 1.54) is 11.3 Å². The molecule has 31 heavy (non-hydrogen) atoms. The first kappa shape index (κ1) is 20.2. The first-order valence-electron chi connectivity index (χ1n) is 10.8. The first-order chi connectivity index (χ1) is 15.0. The highest BCUT2D eigenvalue weighted by Crippen LogP contribution is 2.47. The number of benzene rings is 1. The second-order valence-electron chi connectivity index (χ2n) is 8.51. The molecule has 0 spiro atoms. The number of fused-ring (bicyclic) bond motifs is 1. The number of imidazole rings is 1. The standard InChI is InChI=1S/C23H25FN4O2S/c1-13(19-8-9-20(31-19)23(30)28-10-4-5-14(24)12-28)25-22(29)16-11-15(16)21-26-17-6-2-3-7-18(17)27-21/h2-3,6-9,13-16H,4-5,10-12H2,1H3,(H,25,29)(H,26,27)/t13-,14?,15?,16?/m1/s1. The van der Waals surface area contributed by atoms with Crippen molar-refractivity contribution in [2.45, 2.75) is 44.3 Å². The summed E-state index contributed by atoms with van der Waals surface area (Å²) in [6.45, 7) is 2.70. The van der Waals surface area contributed by atoms with Crippen molar-refractivity contribution >= 4 is 34.2 Å². The van der Waals surface area contributed by atoms with Crippen molar-refractivity contribution < 1.29 is 14.0 Å². The number of rotatable bonds is 5. The number of hydrogen-bond acceptors (Lipinski definition) is 4. The third kappa shape index (κ3) is 4.08. The number of likely N-dealkylation sites (tertiary alicyclic amines) is 1. The molecule has 1 saturated heterocycles. The minimum atomic E-state index is -0.936. The van der Waals surface area contributed by atoms with Gasteiger partial charge < -0.3 is 15.2 Å². The number of thiophene rings is 1. The topological polar surface area (TPSA) is 78.1 Å². The largest absolute Gasteiger partial charge is 0.349 e. The summed E-state index contributed by atoms with van der Waals surface area (Å²) in [6.07, 6.45) is 1.07. The predicted octanol–water partition coefficient (Wildman–Crippen LogP) is 4.18. The fraction of sp³-hybridized carbons (Fsp3) is 0.435. The van der Waals surface area contributed by atoms with Gasteiger partial charge in [-0.3, -0.25) is 9.59 Å². The summed E-state index contributed by atoms with van der Waals surface area (Å²) in [7, 11) is 0. The molecule has 2 fully saturated rings. The number of hydrogen-bond donors (Lipinski definition) is 2. The fourth-order valence-corrected chi connectivity index (χ4v) is 5.27. The zero-order chi connectivity index (χ0) is 21.5. The van der Waals surface area contributed by atoms with E-state index < -0.39 is 6.17 Å². The minimum absolute atomic E-state index is 0.00975. The molecule has 2 amide bonds. The van der Waals surface area contributed by atoms with Crippen LogP contribution < -0.4 is 5.32 Å². The molecule has 2 aliphatic rings. The number of H-pyrrole nitrogens is 1. The van der Waals surface area contributed by atoms with E-state index in [-0.39, 0.29) is 36.2 Å². The minimum Gasteiger partial charge on any atom is -0.349 e. The van der Waals surface area contributed by atoms with Crippen molar-refractivity contribution in [2.75, 3.05) is 13.1 Å². The van der Waals surface area contributed by atoms with Gasteiger partial charge in [0.15, 0.2) is 0 Å². The molecule has 1 aromatic carbocycles. The Kier molecular flexibility index (Phi) is 5.25. The van der Waals surface area contributed by atoms with Crippen LogP contribution in [0, 0.1) is 5.92 Å². The summed E-state index contributed by atoms with van der Waals surface area (Å²) in [5.41, 5.74) is 1.90. The van der Waals surface area contributed by atoms with Crippen molar-refractivity contribution in [2.24, 2.45) is 5.92 Å². The Morgan fingerprint density at radius 2 is 2.13 bits per heavy atom. The normalized spacial score (nSPS) is 24.2. The van der Waals surface area contributed by atoms with Gasteiger partial charge in [0.2, 0.25) is 5.91 Å². The van der Waals surface area contributed by atoms with Gasteiger partial charge in [0, 0.05) is 23.3 Å². The van der Waals surface area contributed by atoms with Crippen LogP contribution in [-0.2, 0) is 4.79 Å². The van der Waals surface area contributed by atoms with E-state index in [0.29, 0.717) is 24.3 Å². The van der Waals surface area contributed by atoms with Crippen LogP contribution in [-0.4, -0.2) is 45.9 Å². The van der Waals surface area contributed by atoms with E-state index in [1.807, 2.05) is 37.3 Å². The maximum atomic E-state index is 13.6. The molecule has 162 valence electrons. The Labute approximate surface area is 183 Å². The highest BCUT2D eigenvalue weighted by molar-refractivity contribution is 7.14. The van der Waals surface area contributed by atoms with Gasteiger partial charge in [-0.2, -0.15) is 0 Å². The maximum absolute atomic E-state index is 13.6. The number of para-hydroxylation sites is 2. The molecule has 2 N–H and O–H groups in total. The Morgan fingerprint density at radius 3 is 2.94 bits per heavy atom. The quantitative estimate of drug-likeness (QED) is 0.625. The molecule has 8 heteroatoms. The molecule has 0 radical (unpaired) electrons. The van der Waals surface area contributed by atoms with E-state index in [2.05, 4.69) is 15.3 Å². The van der Waals surface area contributed by atoms with Crippen molar-refractivity contribution in [3.63, 3.8) is 0 Å². The molecule has 3 unspecified atom stereocenters. The van der Waals surface area contributed by atoms with Gasteiger partial charge in [0.1, 0.15) is 12.0 Å². The number of halogens is 1. The van der Waals surface area contributed by atoms with Gasteiger partial charge in [-0.25, -0.2) is 9.37 Å². The Hall–Kier alpha value is -2.74. The lowest BCUT2D eigenvalue weighted by molar-refractivity contribution is -0.123. The lowest BCUT2D eigenvalue weighted by atomic mass is 10.1. The van der Waals surface area contributed by atoms with Gasteiger partial charge in [-0.15, -0.1) is 11.3 Å². The number of nitrogens with one attached hydrogen (secondary N) is 2. The third-order valence-electron chi connectivity index (χ3n) is 6.16.